The van der Waals surface area contributed by atoms with Crippen molar-refractivity contribution in [3.05, 3.63) is 0 Å². The van der Waals surface area contributed by atoms with Gasteiger partial charge in [0, 0.05) is 0 Å². The maximum atomic E-state index is 10.3. The zero-order valence-corrected chi connectivity index (χ0v) is 21.0. The minimum Gasteiger partial charge on any atom is -0.481 e. The van der Waals surface area contributed by atoms with Crippen molar-refractivity contribution in [1.82, 2.24) is 0 Å². The highest BCUT2D eigenvalue weighted by molar-refractivity contribution is 5.88. The van der Waals surface area contributed by atoms with Gasteiger partial charge in [-0.05, 0) is 55.4 Å². The Balaban J connectivity index is -0.000000390. The Morgan fingerprint density at radius 3 is 0.806 bits per heavy atom. The van der Waals surface area contributed by atoms with Crippen molar-refractivity contribution in [3.8, 4) is 0 Å². The summed E-state index contributed by atoms with van der Waals surface area (Å²) < 4.78 is 2.56. The molecule has 4 N–H and O–H groups in total. The Labute approximate surface area is 188 Å². The first kappa shape index (κ1) is 33.9. The molecule has 0 aliphatic rings. The molecule has 0 rings (SSSR count). The van der Waals surface area contributed by atoms with Crippen LogP contribution >= 0.6 is 0 Å². The summed E-state index contributed by atoms with van der Waals surface area (Å²) in [7, 11) is 0. The van der Waals surface area contributed by atoms with Gasteiger partial charge >= 0.3 is 17.9 Å². The van der Waals surface area contributed by atoms with Gasteiger partial charge in [-0.25, -0.2) is 4.79 Å². The van der Waals surface area contributed by atoms with E-state index in [2.05, 4.69) is 55.4 Å². The lowest BCUT2D eigenvalue weighted by Crippen LogP contribution is -2.47. The molecule has 0 atom stereocenters. The van der Waals surface area contributed by atoms with E-state index in [-0.39, 0.29) is 0 Å². The van der Waals surface area contributed by atoms with Crippen LogP contribution in [0, 0.1) is 0 Å². The van der Waals surface area contributed by atoms with E-state index in [4.69, 9.17) is 20.4 Å². The van der Waals surface area contributed by atoms with Gasteiger partial charge in [-0.3, -0.25) is 9.59 Å². The van der Waals surface area contributed by atoms with Crippen LogP contribution in [-0.2, 0) is 14.4 Å². The van der Waals surface area contributed by atoms with E-state index in [1.807, 2.05) is 0 Å². The van der Waals surface area contributed by atoms with Crippen molar-refractivity contribution in [2.75, 3.05) is 52.4 Å². The number of quaternary nitrogens is 2. The molecule has 0 aromatic carbocycles. The van der Waals surface area contributed by atoms with Crippen LogP contribution in [0.2, 0.25) is 0 Å². The smallest absolute Gasteiger partial charge is 0.336 e. The zero-order chi connectivity index (χ0) is 25.3. The van der Waals surface area contributed by atoms with Crippen molar-refractivity contribution < 1.29 is 43.8 Å². The van der Waals surface area contributed by atoms with Gasteiger partial charge in [-0.15, -0.1) is 0 Å². The molecule has 0 fully saturated rings. The second-order valence-electron chi connectivity index (χ2n) is 7.69. The third-order valence-electron chi connectivity index (χ3n) is 6.65. The molecular weight excluding hydrogens is 404 g/mol. The molecule has 0 bridgehead atoms. The molecule has 0 aromatic heterocycles. The van der Waals surface area contributed by atoms with Crippen molar-refractivity contribution >= 4 is 17.9 Å². The lowest BCUT2D eigenvalue weighted by atomic mass is 9.96. The summed E-state index contributed by atoms with van der Waals surface area (Å²) in [5, 5.41) is 33.8. The molecular formula is C22H48N2O7+2. The van der Waals surface area contributed by atoms with E-state index in [1.54, 1.807) is 0 Å². The van der Waals surface area contributed by atoms with E-state index < -0.39 is 36.4 Å². The number of hydrogen-bond donors (Lipinski definition) is 4. The second-order valence-corrected chi connectivity index (χ2v) is 7.69. The van der Waals surface area contributed by atoms with Crippen LogP contribution < -0.4 is 0 Å². The molecule has 0 heterocycles. The molecule has 0 aromatic rings. The number of aliphatic carboxylic acids is 3. The monoisotopic (exact) mass is 452 g/mol. The Morgan fingerprint density at radius 2 is 0.742 bits per heavy atom. The molecule has 0 saturated heterocycles. The first-order valence-corrected chi connectivity index (χ1v) is 11.4. The zero-order valence-electron chi connectivity index (χ0n) is 21.0. The number of rotatable bonds is 13. The highest BCUT2D eigenvalue weighted by Crippen LogP contribution is 2.15. The van der Waals surface area contributed by atoms with Crippen LogP contribution in [0.1, 0.15) is 68.2 Å². The quantitative estimate of drug-likeness (QED) is 0.316. The largest absolute Gasteiger partial charge is 0.481 e. The fraction of sp³-hybridized carbons (Fsp3) is 0.864. The third-order valence-corrected chi connectivity index (χ3v) is 6.65. The predicted molar refractivity (Wildman–Crippen MR) is 122 cm³/mol. The SMILES string of the molecule is CC[N+](CC)(CC)CC.CC[N+](CC)(CC)CC.O=C(O)CC(O)(CC(=O)O)C(=O)O. The minimum atomic E-state index is -2.74. The minimum absolute atomic E-state index is 1.14. The molecule has 31 heavy (non-hydrogen) atoms. The average molecular weight is 453 g/mol. The first-order chi connectivity index (χ1) is 14.3. The second kappa shape index (κ2) is 16.9. The van der Waals surface area contributed by atoms with Crippen molar-refractivity contribution in [2.24, 2.45) is 0 Å². The van der Waals surface area contributed by atoms with Crippen LogP contribution in [0.5, 0.6) is 0 Å². The topological polar surface area (TPSA) is 132 Å². The number of carbonyl (C=O) groups is 3. The fourth-order valence-corrected chi connectivity index (χ4v) is 3.40. The molecule has 0 aliphatic carbocycles. The van der Waals surface area contributed by atoms with Gasteiger partial charge in [0.15, 0.2) is 5.60 Å². The van der Waals surface area contributed by atoms with Gasteiger partial charge in [0.05, 0.1) is 65.2 Å². The normalized spacial score (nSPS) is 11.5. The van der Waals surface area contributed by atoms with Gasteiger partial charge in [0.25, 0.3) is 0 Å². The van der Waals surface area contributed by atoms with Gasteiger partial charge in [-0.1, -0.05) is 0 Å². The Hall–Kier alpha value is -1.71. The maximum absolute atomic E-state index is 10.3. The van der Waals surface area contributed by atoms with Crippen LogP contribution in [0.4, 0.5) is 0 Å². The standard InChI is InChI=1S/2C8H20N.C6H8O7/c2*1-5-9(6-2,7-3)8-4;7-3(8)1-6(13,5(11)12)2-4(9)10/h2*5-8H2,1-4H3;13H,1-2H2,(H,7,8)(H,9,10)(H,11,12)/q2*+1;. The van der Waals surface area contributed by atoms with Gasteiger partial charge in [0.1, 0.15) is 0 Å². The molecule has 0 aliphatic heterocycles. The van der Waals surface area contributed by atoms with Crippen molar-refractivity contribution in [2.45, 2.75) is 73.8 Å². The molecule has 0 saturated carbocycles. The molecule has 0 amide bonds. The summed E-state index contributed by atoms with van der Waals surface area (Å²) in [5.41, 5.74) is -2.74. The Kier molecular flexibility index (Phi) is 18.5. The average Bonchev–Trinajstić information content (AvgIpc) is 2.72. The van der Waals surface area contributed by atoms with E-state index in [0.29, 0.717) is 0 Å². The lowest BCUT2D eigenvalue weighted by Gasteiger charge is -2.34. The number of hydrogen-bond acceptors (Lipinski definition) is 4. The van der Waals surface area contributed by atoms with Gasteiger partial charge in [-0.2, -0.15) is 0 Å². The fourth-order valence-electron chi connectivity index (χ4n) is 3.40. The van der Waals surface area contributed by atoms with E-state index in [0.717, 1.165) is 0 Å². The van der Waals surface area contributed by atoms with Gasteiger partial charge < -0.3 is 29.4 Å². The number of carboxylic acid groups (broad SMARTS) is 3. The molecule has 9 nitrogen and oxygen atoms in total. The summed E-state index contributed by atoms with van der Waals surface area (Å²) in [6, 6.07) is 0. The maximum Gasteiger partial charge on any atom is 0.336 e. The van der Waals surface area contributed by atoms with E-state index >= 15 is 0 Å². The van der Waals surface area contributed by atoms with Crippen molar-refractivity contribution in [1.29, 1.82) is 0 Å². The summed E-state index contributed by atoms with van der Waals surface area (Å²) in [4.78, 5) is 30.5. The van der Waals surface area contributed by atoms with Crippen molar-refractivity contribution in [3.63, 3.8) is 0 Å². The third kappa shape index (κ3) is 13.3. The number of aliphatic hydroxyl groups is 1. The Morgan fingerprint density at radius 1 is 0.548 bits per heavy atom. The van der Waals surface area contributed by atoms with Crippen LogP contribution in [0.15, 0.2) is 0 Å². The Bertz CT molecular complexity index is 445. The molecule has 0 radical (unpaired) electrons. The summed E-state index contributed by atoms with van der Waals surface area (Å²) in [6.45, 7) is 28.4. The summed E-state index contributed by atoms with van der Waals surface area (Å²) >= 11 is 0. The molecule has 0 unspecified atom stereocenters. The first-order valence-electron chi connectivity index (χ1n) is 11.4. The lowest BCUT2D eigenvalue weighted by molar-refractivity contribution is -0.921. The predicted octanol–water partition coefficient (Wildman–Crippen LogP) is 2.52. The molecule has 9 heteroatoms. The molecule has 0 spiro atoms. The van der Waals surface area contributed by atoms with Crippen LogP contribution in [0.25, 0.3) is 0 Å². The number of nitrogens with zero attached hydrogens (tertiary/aromatic N) is 2. The molecule has 186 valence electrons. The van der Waals surface area contributed by atoms with Crippen LogP contribution in [0.3, 0.4) is 0 Å². The van der Waals surface area contributed by atoms with Crippen LogP contribution in [-0.4, -0.2) is 105 Å². The van der Waals surface area contributed by atoms with E-state index in [9.17, 15) is 14.4 Å². The summed E-state index contributed by atoms with van der Waals surface area (Å²) in [5.74, 6) is -5.02. The summed E-state index contributed by atoms with van der Waals surface area (Å²) in [6.07, 6.45) is -2.29. The highest BCUT2D eigenvalue weighted by atomic mass is 16.4. The van der Waals surface area contributed by atoms with Gasteiger partial charge in [0.2, 0.25) is 0 Å². The highest BCUT2D eigenvalue weighted by Gasteiger charge is 2.40. The number of carboxylic acids is 3. The van der Waals surface area contributed by atoms with E-state index in [1.165, 1.54) is 61.3 Å².